The number of hydrogen-bond acceptors (Lipinski definition) is 8. The second-order valence-corrected chi connectivity index (χ2v) is 12.7. The first-order chi connectivity index (χ1) is 24.8. The molecule has 15 heteroatoms. The van der Waals surface area contributed by atoms with E-state index in [2.05, 4.69) is 38.9 Å². The molecule has 1 saturated heterocycles. The Labute approximate surface area is 298 Å². The van der Waals surface area contributed by atoms with Crippen molar-refractivity contribution in [1.82, 2.24) is 29.2 Å². The molecule has 4 N–H and O–H groups in total. The number of likely N-dealkylation sites (N-methyl/N-ethyl adjacent to an activating group) is 1. The minimum absolute atomic E-state index is 0.0197. The largest absolute Gasteiger partial charge is 0.465 e. The number of rotatable bonds is 7. The van der Waals surface area contributed by atoms with Gasteiger partial charge < -0.3 is 25.6 Å². The summed E-state index contributed by atoms with van der Waals surface area (Å²) in [4.78, 5) is 50.9. The number of carbonyl (C=O) groups excluding carboxylic acids is 2. The monoisotopic (exact) mass is 714 g/mol. The van der Waals surface area contributed by atoms with Gasteiger partial charge in [-0.3, -0.25) is 14.5 Å². The number of nitrogens with one attached hydrogen (secondary N) is 1. The summed E-state index contributed by atoms with van der Waals surface area (Å²) >= 11 is 0. The minimum Gasteiger partial charge on any atom is -0.465 e. The topological polar surface area (TPSA) is 150 Å². The molecule has 2 aliphatic heterocycles. The summed E-state index contributed by atoms with van der Waals surface area (Å²) in [7, 11) is 1.75. The maximum atomic E-state index is 14.1. The third kappa shape index (κ3) is 7.93. The van der Waals surface area contributed by atoms with Crippen molar-refractivity contribution in [2.75, 3.05) is 50.3 Å². The molecule has 2 aromatic heterocycles. The summed E-state index contributed by atoms with van der Waals surface area (Å²) < 4.78 is 44.0. The SMILES string of the molecule is CCN1CCN(Cc2ccc(NC(=O)Cc3cccc(C#Cc4cnc(N)nc4-c4cc5c(n4C)CCN(C(=O)O)C5=O)c3)cc2C(F)(F)F)CC1. The zero-order valence-corrected chi connectivity index (χ0v) is 28.6. The molecule has 0 unspecified atom stereocenters. The molecule has 52 heavy (non-hydrogen) atoms. The van der Waals surface area contributed by atoms with Crippen molar-refractivity contribution >= 4 is 29.5 Å². The summed E-state index contributed by atoms with van der Waals surface area (Å²) in [6, 6.07) is 12.4. The Balaban J connectivity index is 1.17. The molecule has 0 saturated carbocycles. The van der Waals surface area contributed by atoms with Gasteiger partial charge in [0, 0.05) is 75.9 Å². The first-order valence-electron chi connectivity index (χ1n) is 16.7. The third-order valence-corrected chi connectivity index (χ3v) is 9.33. The number of imide groups is 1. The fraction of sp³-hybridized carbons (Fsp3) is 0.324. The van der Waals surface area contributed by atoms with Crippen molar-refractivity contribution in [3.8, 4) is 23.2 Å². The molecule has 6 rings (SSSR count). The van der Waals surface area contributed by atoms with Crippen LogP contribution >= 0.6 is 0 Å². The first kappa shape index (κ1) is 36.1. The fourth-order valence-corrected chi connectivity index (χ4v) is 6.54. The summed E-state index contributed by atoms with van der Waals surface area (Å²) in [5, 5.41) is 12.0. The molecule has 0 aliphatic carbocycles. The number of amides is 3. The number of nitrogen functional groups attached to an aromatic ring is 1. The number of fused-ring (bicyclic) bond motifs is 1. The number of nitrogens with zero attached hydrogens (tertiary/aromatic N) is 6. The van der Waals surface area contributed by atoms with Crippen LogP contribution in [0, 0.1) is 11.8 Å². The molecule has 4 heterocycles. The zero-order valence-electron chi connectivity index (χ0n) is 28.6. The van der Waals surface area contributed by atoms with Crippen molar-refractivity contribution in [1.29, 1.82) is 0 Å². The van der Waals surface area contributed by atoms with Crippen LogP contribution in [0.15, 0.2) is 54.7 Å². The number of anilines is 2. The molecule has 1 fully saturated rings. The Morgan fingerprint density at radius 1 is 1.02 bits per heavy atom. The van der Waals surface area contributed by atoms with Crippen LogP contribution in [0.4, 0.5) is 29.6 Å². The van der Waals surface area contributed by atoms with E-state index in [4.69, 9.17) is 5.73 Å². The smallest absolute Gasteiger partial charge is 0.416 e. The van der Waals surface area contributed by atoms with Gasteiger partial charge in [0.25, 0.3) is 5.91 Å². The molecule has 2 aliphatic rings. The molecular weight excluding hydrogens is 677 g/mol. The van der Waals surface area contributed by atoms with Gasteiger partial charge in [0.05, 0.1) is 28.8 Å². The number of aromatic nitrogens is 3. The number of benzene rings is 2. The van der Waals surface area contributed by atoms with Crippen molar-refractivity contribution in [3.05, 3.63) is 93.8 Å². The lowest BCUT2D eigenvalue weighted by Crippen LogP contribution is -2.45. The molecule has 12 nitrogen and oxygen atoms in total. The van der Waals surface area contributed by atoms with E-state index in [1.54, 1.807) is 41.9 Å². The molecule has 0 radical (unpaired) electrons. The number of halogens is 3. The van der Waals surface area contributed by atoms with E-state index in [-0.39, 0.29) is 42.3 Å². The first-order valence-corrected chi connectivity index (χ1v) is 16.7. The standard InChI is InChI=1S/C37H37F3N8O4/c1-3-46-13-15-47(16-14-46)22-26-9-10-27(19-29(26)37(38,39)40)43-32(49)18-24-6-4-5-23(17-24)7-8-25-21-42-35(41)44-33(25)31-20-28-30(45(31)2)11-12-48(34(28)50)36(51)52/h4-6,9-10,17,19-21H,3,11-16,18,22H2,1-2H3,(H,43,49)(H,51,52)(H2,41,42,44). The van der Waals surface area contributed by atoms with Crippen molar-refractivity contribution in [2.24, 2.45) is 7.05 Å². The fourth-order valence-electron chi connectivity index (χ4n) is 6.54. The van der Waals surface area contributed by atoms with Gasteiger partial charge in [0.1, 0.15) is 5.69 Å². The highest BCUT2D eigenvalue weighted by Gasteiger charge is 2.35. The maximum Gasteiger partial charge on any atom is 0.416 e. The zero-order chi connectivity index (χ0) is 37.2. The number of piperazine rings is 1. The van der Waals surface area contributed by atoms with Crippen molar-refractivity contribution in [2.45, 2.75) is 32.5 Å². The molecule has 270 valence electrons. The maximum absolute atomic E-state index is 14.1. The summed E-state index contributed by atoms with van der Waals surface area (Å²) in [5.41, 5.74) is 8.67. The number of alkyl halides is 3. The quantitative estimate of drug-likeness (QED) is 0.236. The highest BCUT2D eigenvalue weighted by molar-refractivity contribution is 6.05. The Morgan fingerprint density at radius 3 is 2.48 bits per heavy atom. The Bertz CT molecular complexity index is 2090. The highest BCUT2D eigenvalue weighted by Crippen LogP contribution is 2.35. The molecular formula is C37H37F3N8O4. The Morgan fingerprint density at radius 2 is 1.77 bits per heavy atom. The van der Waals surface area contributed by atoms with Crippen LogP contribution in [0.3, 0.4) is 0 Å². The van der Waals surface area contributed by atoms with E-state index in [1.165, 1.54) is 18.3 Å². The molecule has 0 spiro atoms. The van der Waals surface area contributed by atoms with Crippen LogP contribution in [0.25, 0.3) is 11.4 Å². The average Bonchev–Trinajstić information content (AvgIpc) is 3.45. The van der Waals surface area contributed by atoms with Crippen LogP contribution in [-0.4, -0.2) is 91.5 Å². The molecule has 0 atom stereocenters. The van der Waals surface area contributed by atoms with Gasteiger partial charge in [-0.15, -0.1) is 0 Å². The van der Waals surface area contributed by atoms with E-state index < -0.39 is 29.6 Å². The van der Waals surface area contributed by atoms with Crippen molar-refractivity contribution in [3.63, 3.8) is 0 Å². The predicted octanol–water partition coefficient (Wildman–Crippen LogP) is 4.48. The minimum atomic E-state index is -4.58. The van der Waals surface area contributed by atoms with Gasteiger partial charge >= 0.3 is 12.3 Å². The van der Waals surface area contributed by atoms with Crippen LogP contribution < -0.4 is 11.1 Å². The molecule has 4 aromatic rings. The third-order valence-electron chi connectivity index (χ3n) is 9.33. The molecule has 2 aromatic carbocycles. The lowest BCUT2D eigenvalue weighted by atomic mass is 10.0. The molecule has 0 bridgehead atoms. The van der Waals surface area contributed by atoms with Crippen molar-refractivity contribution < 1.29 is 32.7 Å². The van der Waals surface area contributed by atoms with E-state index in [1.807, 2.05) is 4.90 Å². The van der Waals surface area contributed by atoms with Crippen LogP contribution in [0.2, 0.25) is 0 Å². The Hall–Kier alpha value is -5.72. The van der Waals surface area contributed by atoms with E-state index in [9.17, 15) is 32.7 Å². The Kier molecular flexibility index (Phi) is 10.3. The number of carboxylic acid groups (broad SMARTS) is 1. The van der Waals surface area contributed by atoms with E-state index in [0.717, 1.165) is 30.6 Å². The van der Waals surface area contributed by atoms with E-state index in [0.29, 0.717) is 53.3 Å². The summed E-state index contributed by atoms with van der Waals surface area (Å²) in [6.07, 6.45) is -4.23. The van der Waals surface area contributed by atoms with Crippen LogP contribution in [-0.2, 0) is 37.4 Å². The number of carbonyl (C=O) groups is 3. The lowest BCUT2D eigenvalue weighted by molar-refractivity contribution is -0.138. The predicted molar refractivity (Wildman–Crippen MR) is 187 cm³/mol. The summed E-state index contributed by atoms with van der Waals surface area (Å²) in [5.74, 6) is 4.94. The normalized spacial score (nSPS) is 15.2. The molecule has 3 amide bonds. The van der Waals surface area contributed by atoms with Crippen LogP contribution in [0.5, 0.6) is 0 Å². The number of hydrogen-bond donors (Lipinski definition) is 3. The lowest BCUT2D eigenvalue weighted by Gasteiger charge is -2.34. The van der Waals surface area contributed by atoms with Gasteiger partial charge in [-0.2, -0.15) is 13.2 Å². The second-order valence-electron chi connectivity index (χ2n) is 12.7. The second kappa shape index (κ2) is 14.9. The highest BCUT2D eigenvalue weighted by atomic mass is 19.4. The summed E-state index contributed by atoms with van der Waals surface area (Å²) in [6.45, 7) is 6.18. The van der Waals surface area contributed by atoms with Gasteiger partial charge in [-0.05, 0) is 48.0 Å². The van der Waals surface area contributed by atoms with Crippen LogP contribution in [0.1, 0.15) is 50.8 Å². The van der Waals surface area contributed by atoms with Gasteiger partial charge in [0.2, 0.25) is 11.9 Å². The van der Waals surface area contributed by atoms with Gasteiger partial charge in [0.15, 0.2) is 0 Å². The average molecular weight is 715 g/mol. The van der Waals surface area contributed by atoms with Gasteiger partial charge in [-0.1, -0.05) is 37.0 Å². The van der Waals surface area contributed by atoms with Gasteiger partial charge in [-0.25, -0.2) is 19.7 Å². The number of nitrogens with two attached hydrogens (primary N) is 1. The van der Waals surface area contributed by atoms with E-state index >= 15 is 0 Å².